The Bertz CT molecular complexity index is 126. The van der Waals surface area contributed by atoms with Gasteiger partial charge in [0.1, 0.15) is 0 Å². The van der Waals surface area contributed by atoms with Gasteiger partial charge in [0.05, 0.1) is 12.7 Å². The van der Waals surface area contributed by atoms with Crippen LogP contribution in [0.2, 0.25) is 0 Å². The van der Waals surface area contributed by atoms with Crippen molar-refractivity contribution in [1.29, 1.82) is 0 Å². The molecular formula is C14H30O2. The van der Waals surface area contributed by atoms with Crippen LogP contribution < -0.4 is 0 Å². The molecule has 0 saturated heterocycles. The van der Waals surface area contributed by atoms with Crippen LogP contribution in [0.1, 0.15) is 65.2 Å². The minimum absolute atomic E-state index is 0.303. The number of ether oxygens (including phenoxy) is 2. The zero-order chi connectivity index (χ0) is 12.1. The summed E-state index contributed by atoms with van der Waals surface area (Å²) in [6.45, 7) is 6.01. The van der Waals surface area contributed by atoms with E-state index in [-0.39, 0.29) is 0 Å². The smallest absolute Gasteiger partial charge is 0.0804 e. The van der Waals surface area contributed by atoms with Crippen LogP contribution in [0.5, 0.6) is 0 Å². The maximum atomic E-state index is 5.51. The second kappa shape index (κ2) is 13.0. The van der Waals surface area contributed by atoms with Gasteiger partial charge in [-0.1, -0.05) is 52.4 Å². The molecule has 0 N–H and O–H groups in total. The molecule has 0 aliphatic heterocycles. The molecule has 0 fully saturated rings. The molecule has 0 aliphatic rings. The van der Waals surface area contributed by atoms with E-state index in [1.54, 1.807) is 7.11 Å². The second-order valence-corrected chi connectivity index (χ2v) is 4.49. The van der Waals surface area contributed by atoms with Crippen LogP contribution in [0, 0.1) is 0 Å². The van der Waals surface area contributed by atoms with Gasteiger partial charge < -0.3 is 9.47 Å². The minimum atomic E-state index is 0.303. The molecule has 0 heterocycles. The fourth-order valence-electron chi connectivity index (χ4n) is 1.78. The van der Waals surface area contributed by atoms with Gasteiger partial charge in [0.25, 0.3) is 0 Å². The first kappa shape index (κ1) is 15.9. The Balaban J connectivity index is 3.26. The standard InChI is InChI=1S/C14H30O2/c1-4-6-7-8-9-10-11-14(15-3)13-16-12-5-2/h14H,4-13H2,1-3H3. The average Bonchev–Trinajstić information content (AvgIpc) is 2.31. The van der Waals surface area contributed by atoms with Gasteiger partial charge in [0, 0.05) is 13.7 Å². The Morgan fingerprint density at radius 2 is 1.56 bits per heavy atom. The first-order valence-corrected chi connectivity index (χ1v) is 6.95. The van der Waals surface area contributed by atoms with E-state index < -0.39 is 0 Å². The highest BCUT2D eigenvalue weighted by atomic mass is 16.5. The molecule has 0 aromatic rings. The Hall–Kier alpha value is -0.0800. The van der Waals surface area contributed by atoms with Gasteiger partial charge in [-0.25, -0.2) is 0 Å². The number of rotatable bonds is 12. The third-order valence-corrected chi connectivity index (χ3v) is 2.87. The van der Waals surface area contributed by atoms with E-state index in [0.717, 1.165) is 26.1 Å². The lowest BCUT2D eigenvalue weighted by Crippen LogP contribution is -2.18. The summed E-state index contributed by atoms with van der Waals surface area (Å²) >= 11 is 0. The molecule has 0 rings (SSSR count). The van der Waals surface area contributed by atoms with Gasteiger partial charge >= 0.3 is 0 Å². The van der Waals surface area contributed by atoms with Crippen LogP contribution in [-0.2, 0) is 9.47 Å². The number of unbranched alkanes of at least 4 members (excludes halogenated alkanes) is 5. The largest absolute Gasteiger partial charge is 0.379 e. The van der Waals surface area contributed by atoms with E-state index in [1.807, 2.05) is 0 Å². The Morgan fingerprint density at radius 1 is 0.875 bits per heavy atom. The van der Waals surface area contributed by atoms with Crippen molar-refractivity contribution in [2.75, 3.05) is 20.3 Å². The summed E-state index contributed by atoms with van der Waals surface area (Å²) in [5.41, 5.74) is 0. The Morgan fingerprint density at radius 3 is 2.19 bits per heavy atom. The molecule has 0 aromatic carbocycles. The third kappa shape index (κ3) is 10.4. The number of hydrogen-bond acceptors (Lipinski definition) is 2. The first-order chi connectivity index (χ1) is 7.85. The Labute approximate surface area is 102 Å². The summed E-state index contributed by atoms with van der Waals surface area (Å²) in [5, 5.41) is 0. The topological polar surface area (TPSA) is 18.5 Å². The van der Waals surface area contributed by atoms with Crippen molar-refractivity contribution < 1.29 is 9.47 Å². The maximum absolute atomic E-state index is 5.51. The zero-order valence-electron chi connectivity index (χ0n) is 11.5. The van der Waals surface area contributed by atoms with Crippen molar-refractivity contribution >= 4 is 0 Å². The zero-order valence-corrected chi connectivity index (χ0v) is 11.5. The molecule has 16 heavy (non-hydrogen) atoms. The number of hydrogen-bond donors (Lipinski definition) is 0. The average molecular weight is 230 g/mol. The van der Waals surface area contributed by atoms with E-state index in [1.165, 1.54) is 38.5 Å². The van der Waals surface area contributed by atoms with Gasteiger partial charge in [0.2, 0.25) is 0 Å². The molecule has 0 amide bonds. The molecule has 98 valence electrons. The highest BCUT2D eigenvalue weighted by Crippen LogP contribution is 2.10. The van der Waals surface area contributed by atoms with E-state index in [2.05, 4.69) is 13.8 Å². The van der Waals surface area contributed by atoms with Crippen LogP contribution in [-0.4, -0.2) is 26.4 Å². The lowest BCUT2D eigenvalue weighted by Gasteiger charge is -2.15. The van der Waals surface area contributed by atoms with Crippen molar-refractivity contribution in [2.45, 2.75) is 71.3 Å². The molecule has 0 saturated carbocycles. The summed E-state index contributed by atoms with van der Waals surface area (Å²) in [5.74, 6) is 0. The molecular weight excluding hydrogens is 200 g/mol. The van der Waals surface area contributed by atoms with Crippen molar-refractivity contribution in [2.24, 2.45) is 0 Å². The van der Waals surface area contributed by atoms with Crippen molar-refractivity contribution in [3.05, 3.63) is 0 Å². The van der Waals surface area contributed by atoms with Gasteiger partial charge in [0.15, 0.2) is 0 Å². The summed E-state index contributed by atoms with van der Waals surface area (Å²) in [7, 11) is 1.79. The van der Waals surface area contributed by atoms with Crippen molar-refractivity contribution in [3.8, 4) is 0 Å². The van der Waals surface area contributed by atoms with Gasteiger partial charge in [-0.15, -0.1) is 0 Å². The summed E-state index contributed by atoms with van der Waals surface area (Å²) in [4.78, 5) is 0. The fraction of sp³-hybridized carbons (Fsp3) is 1.00. The maximum Gasteiger partial charge on any atom is 0.0804 e. The van der Waals surface area contributed by atoms with E-state index in [9.17, 15) is 0 Å². The summed E-state index contributed by atoms with van der Waals surface area (Å²) in [6.07, 6.45) is 10.6. The third-order valence-electron chi connectivity index (χ3n) is 2.87. The van der Waals surface area contributed by atoms with Crippen LogP contribution in [0.4, 0.5) is 0 Å². The molecule has 0 bridgehead atoms. The van der Waals surface area contributed by atoms with Crippen LogP contribution in [0.25, 0.3) is 0 Å². The predicted octanol–water partition coefficient (Wildman–Crippen LogP) is 4.18. The summed E-state index contributed by atoms with van der Waals surface area (Å²) in [6, 6.07) is 0. The summed E-state index contributed by atoms with van der Waals surface area (Å²) < 4.78 is 10.9. The Kier molecular flexibility index (Phi) is 12.9. The van der Waals surface area contributed by atoms with E-state index in [0.29, 0.717) is 6.10 Å². The quantitative estimate of drug-likeness (QED) is 0.468. The van der Waals surface area contributed by atoms with Gasteiger partial charge in [-0.05, 0) is 12.8 Å². The normalized spacial score (nSPS) is 12.9. The molecule has 2 heteroatoms. The van der Waals surface area contributed by atoms with Crippen LogP contribution >= 0.6 is 0 Å². The lowest BCUT2D eigenvalue weighted by molar-refractivity contribution is 0.00341. The SMILES string of the molecule is CCCCCCCCC(COCCC)OC. The van der Waals surface area contributed by atoms with Crippen molar-refractivity contribution in [3.63, 3.8) is 0 Å². The first-order valence-electron chi connectivity index (χ1n) is 6.95. The lowest BCUT2D eigenvalue weighted by atomic mass is 10.1. The predicted molar refractivity (Wildman–Crippen MR) is 69.9 cm³/mol. The second-order valence-electron chi connectivity index (χ2n) is 4.49. The van der Waals surface area contributed by atoms with Gasteiger partial charge in [-0.3, -0.25) is 0 Å². The van der Waals surface area contributed by atoms with Gasteiger partial charge in [-0.2, -0.15) is 0 Å². The molecule has 0 aromatic heterocycles. The van der Waals surface area contributed by atoms with Crippen LogP contribution in [0.15, 0.2) is 0 Å². The molecule has 0 spiro atoms. The highest BCUT2D eigenvalue weighted by molar-refractivity contribution is 4.57. The van der Waals surface area contributed by atoms with Crippen LogP contribution in [0.3, 0.4) is 0 Å². The molecule has 1 unspecified atom stereocenters. The molecule has 1 atom stereocenters. The van der Waals surface area contributed by atoms with E-state index in [4.69, 9.17) is 9.47 Å². The monoisotopic (exact) mass is 230 g/mol. The molecule has 2 nitrogen and oxygen atoms in total. The van der Waals surface area contributed by atoms with E-state index >= 15 is 0 Å². The highest BCUT2D eigenvalue weighted by Gasteiger charge is 2.06. The molecule has 0 radical (unpaired) electrons. The molecule has 0 aliphatic carbocycles. The fourth-order valence-corrected chi connectivity index (χ4v) is 1.78. The number of methoxy groups -OCH3 is 1. The minimum Gasteiger partial charge on any atom is -0.379 e. The van der Waals surface area contributed by atoms with Crippen molar-refractivity contribution in [1.82, 2.24) is 0 Å².